The fourth-order valence-corrected chi connectivity index (χ4v) is 10.6. The maximum Gasteiger partial charge on any atom is 0.407 e. The molecule has 3 aromatic rings. The van der Waals surface area contributed by atoms with Gasteiger partial charge >= 0.3 is 12.1 Å². The van der Waals surface area contributed by atoms with E-state index in [9.17, 15) is 24.3 Å². The minimum atomic E-state index is -1.98. The van der Waals surface area contributed by atoms with Crippen LogP contribution >= 0.6 is 21.6 Å². The number of fused-ring (bicyclic) bond motifs is 5. The second-order valence-corrected chi connectivity index (χ2v) is 16.9. The molecule has 1 amide bonds. The summed E-state index contributed by atoms with van der Waals surface area (Å²) in [5.74, 6) is -1.20. The first-order chi connectivity index (χ1) is 23.2. The molecule has 260 valence electrons. The van der Waals surface area contributed by atoms with Crippen LogP contribution in [-0.2, 0) is 44.2 Å². The first-order valence-corrected chi connectivity index (χ1v) is 19.1. The number of halogens is 1. The van der Waals surface area contributed by atoms with Gasteiger partial charge in [0.2, 0.25) is 5.12 Å². The van der Waals surface area contributed by atoms with Crippen LogP contribution in [0.15, 0.2) is 16.9 Å². The average molecular weight is 710 g/mol. The largest absolute Gasteiger partial charge is 0.458 e. The molecule has 0 spiro atoms. The van der Waals surface area contributed by atoms with Crippen molar-refractivity contribution in [3.63, 3.8) is 0 Å². The highest BCUT2D eigenvalue weighted by Gasteiger charge is 2.46. The van der Waals surface area contributed by atoms with E-state index in [1.54, 1.807) is 24.5 Å². The minimum Gasteiger partial charge on any atom is -0.458 e. The molecule has 4 heterocycles. The van der Waals surface area contributed by atoms with Gasteiger partial charge in [-0.15, -0.1) is 0 Å². The van der Waals surface area contributed by atoms with Crippen LogP contribution < -0.4 is 10.9 Å². The Kier molecular flexibility index (Phi) is 8.63. The number of carbonyl (C=O) groups excluding carboxylic acids is 3. The van der Waals surface area contributed by atoms with E-state index in [2.05, 4.69) is 5.32 Å². The molecule has 0 bridgehead atoms. The van der Waals surface area contributed by atoms with Crippen LogP contribution in [0.4, 0.5) is 9.18 Å². The number of aliphatic hydroxyl groups is 1. The van der Waals surface area contributed by atoms with Gasteiger partial charge in [-0.3, -0.25) is 9.59 Å². The van der Waals surface area contributed by atoms with Crippen molar-refractivity contribution in [2.24, 2.45) is 5.41 Å². The number of cyclic esters (lactones) is 1. The number of nitrogens with one attached hydrogen (secondary N) is 1. The van der Waals surface area contributed by atoms with Crippen LogP contribution in [0.2, 0.25) is 0 Å². The van der Waals surface area contributed by atoms with E-state index in [0.29, 0.717) is 41.7 Å². The van der Waals surface area contributed by atoms with E-state index in [0.717, 1.165) is 41.3 Å². The summed E-state index contributed by atoms with van der Waals surface area (Å²) in [7, 11) is 2.70. The van der Waals surface area contributed by atoms with Crippen molar-refractivity contribution < 1.29 is 33.4 Å². The second-order valence-electron chi connectivity index (χ2n) is 14.5. The van der Waals surface area contributed by atoms with Crippen LogP contribution in [0.1, 0.15) is 106 Å². The number of pyridine rings is 2. The number of alkyl carbamates (subject to hydrolysis) is 1. The van der Waals surface area contributed by atoms with E-state index < -0.39 is 34.7 Å². The number of hydrogen-bond acceptors (Lipinski definition) is 10. The van der Waals surface area contributed by atoms with Gasteiger partial charge in [-0.25, -0.2) is 19.0 Å². The highest BCUT2D eigenvalue weighted by atomic mass is 33.1. The van der Waals surface area contributed by atoms with Crippen molar-refractivity contribution in [3.05, 3.63) is 61.7 Å². The van der Waals surface area contributed by atoms with Gasteiger partial charge in [0.25, 0.3) is 5.56 Å². The van der Waals surface area contributed by atoms with Gasteiger partial charge in [0.05, 0.1) is 40.3 Å². The lowest BCUT2D eigenvalue weighted by Crippen LogP contribution is -2.44. The molecule has 10 nitrogen and oxygen atoms in total. The fourth-order valence-electron chi connectivity index (χ4n) is 7.55. The molecule has 0 radical (unpaired) electrons. The van der Waals surface area contributed by atoms with Crippen LogP contribution in [0.25, 0.3) is 22.3 Å². The monoisotopic (exact) mass is 709 g/mol. The molecule has 2 aliphatic heterocycles. The van der Waals surface area contributed by atoms with E-state index in [-0.39, 0.29) is 53.0 Å². The molecule has 2 N–H and O–H groups in total. The summed E-state index contributed by atoms with van der Waals surface area (Å²) in [5, 5.41) is 15.2. The lowest BCUT2D eigenvalue weighted by molar-refractivity contribution is -0.172. The standard InChI is InChI=1S/C36H40FN3O7S2/c1-6-36(45)21-13-25-30-19(15-40(25)31(41)20(21)16-46-32(36)42)29-23(12-11-18-17(2)22(37)14-24(38-30)28(18)29)39-34(44)47-26-9-7-8-10-27(26)48-49-33(43)35(3,4)5/h13-14,23,26-27,45H,6-12,15-16H2,1-5H3,(H,39,44)/t23-,26+,27+,36-/m0/s1. The molecule has 2 aromatic heterocycles. The number of nitrogens with zero attached hydrogens (tertiary/aromatic N) is 2. The third-order valence-corrected chi connectivity index (χ3v) is 13.6. The van der Waals surface area contributed by atoms with Crippen molar-refractivity contribution in [1.29, 1.82) is 0 Å². The van der Waals surface area contributed by atoms with Crippen molar-refractivity contribution >= 4 is 49.7 Å². The summed E-state index contributed by atoms with van der Waals surface area (Å²) in [4.78, 5) is 57.7. The lowest BCUT2D eigenvalue weighted by Gasteiger charge is -2.33. The van der Waals surface area contributed by atoms with Gasteiger partial charge in [-0.2, -0.15) is 0 Å². The number of carbonyl (C=O) groups is 3. The number of amides is 1. The molecule has 4 aliphatic rings. The molecule has 13 heteroatoms. The van der Waals surface area contributed by atoms with Crippen molar-refractivity contribution in [2.75, 3.05) is 0 Å². The predicted octanol–water partition coefficient (Wildman–Crippen LogP) is 6.51. The molecule has 2 aliphatic carbocycles. The van der Waals surface area contributed by atoms with E-state index >= 15 is 4.39 Å². The van der Waals surface area contributed by atoms with Crippen LogP contribution in [0.5, 0.6) is 0 Å². The molecular weight excluding hydrogens is 670 g/mol. The van der Waals surface area contributed by atoms with Crippen molar-refractivity contribution in [2.45, 2.75) is 116 Å². The maximum absolute atomic E-state index is 15.3. The number of esters is 1. The predicted molar refractivity (Wildman–Crippen MR) is 186 cm³/mol. The third kappa shape index (κ3) is 5.65. The Labute approximate surface area is 291 Å². The second kappa shape index (κ2) is 12.4. The Morgan fingerprint density at radius 2 is 1.92 bits per heavy atom. The molecule has 7 rings (SSSR count). The van der Waals surface area contributed by atoms with Gasteiger partial charge in [0, 0.05) is 28.0 Å². The SMILES string of the molecule is CC[C@@]1(O)C(=O)OCc2c1cc1n(c2=O)Cc2c-1nc1cc(F)c(C)c3c1c2[C@@H](NC(=O)O[C@@H]1CCCC[C@H]1SSC(=O)C(C)(C)C)CC3. The van der Waals surface area contributed by atoms with E-state index in [1.807, 2.05) is 20.8 Å². The molecule has 1 aromatic carbocycles. The Bertz CT molecular complexity index is 1990. The summed E-state index contributed by atoms with van der Waals surface area (Å²) in [6.07, 6.45) is 3.55. The van der Waals surface area contributed by atoms with Crippen LogP contribution in [-0.4, -0.2) is 43.2 Å². The summed E-state index contributed by atoms with van der Waals surface area (Å²) >= 11 is 0. The third-order valence-electron chi connectivity index (χ3n) is 10.4. The quantitative estimate of drug-likeness (QED) is 0.174. The average Bonchev–Trinajstić information content (AvgIpc) is 3.43. The Hall–Kier alpha value is -3.42. The minimum absolute atomic E-state index is 0.0128. The van der Waals surface area contributed by atoms with Crippen LogP contribution in [0.3, 0.4) is 0 Å². The van der Waals surface area contributed by atoms with Crippen LogP contribution in [0, 0.1) is 18.2 Å². The van der Waals surface area contributed by atoms with E-state index in [1.165, 1.54) is 27.7 Å². The van der Waals surface area contributed by atoms with Gasteiger partial charge in [0.1, 0.15) is 18.5 Å². The van der Waals surface area contributed by atoms with Gasteiger partial charge in [-0.05, 0) is 79.0 Å². The summed E-state index contributed by atoms with van der Waals surface area (Å²) < 4.78 is 28.1. The smallest absolute Gasteiger partial charge is 0.407 e. The summed E-state index contributed by atoms with van der Waals surface area (Å²) in [5.41, 5.74) is 1.65. The highest BCUT2D eigenvalue weighted by Crippen LogP contribution is 2.46. The molecule has 0 unspecified atom stereocenters. The zero-order valence-electron chi connectivity index (χ0n) is 28.2. The number of ether oxygens (including phenoxy) is 2. The fraction of sp³-hybridized carbons (Fsp3) is 0.528. The molecule has 1 saturated carbocycles. The Balaban J connectivity index is 1.25. The zero-order valence-corrected chi connectivity index (χ0v) is 29.9. The number of aryl methyl sites for hydroxylation is 1. The maximum atomic E-state index is 15.3. The summed E-state index contributed by atoms with van der Waals surface area (Å²) in [6, 6.07) is 2.51. The number of hydrogen-bond donors (Lipinski definition) is 2. The molecule has 0 saturated heterocycles. The highest BCUT2D eigenvalue weighted by molar-refractivity contribution is 8.82. The van der Waals surface area contributed by atoms with Gasteiger partial charge in [0.15, 0.2) is 5.60 Å². The zero-order chi connectivity index (χ0) is 35.0. The Morgan fingerprint density at radius 3 is 2.65 bits per heavy atom. The van der Waals surface area contributed by atoms with Gasteiger partial charge < -0.3 is 24.5 Å². The first-order valence-electron chi connectivity index (χ1n) is 16.9. The molecule has 49 heavy (non-hydrogen) atoms. The first kappa shape index (κ1) is 34.0. The molecule has 1 fully saturated rings. The number of benzene rings is 1. The van der Waals surface area contributed by atoms with Crippen molar-refractivity contribution in [3.8, 4) is 11.4 Å². The normalized spacial score (nSPS) is 24.1. The number of aromatic nitrogens is 2. The topological polar surface area (TPSA) is 137 Å². The number of rotatable bonds is 5. The molecule has 4 atom stereocenters. The molecular formula is C36H40FN3O7S2. The van der Waals surface area contributed by atoms with Crippen molar-refractivity contribution in [1.82, 2.24) is 14.9 Å². The van der Waals surface area contributed by atoms with Gasteiger partial charge in [-0.1, -0.05) is 44.9 Å². The lowest BCUT2D eigenvalue weighted by atomic mass is 9.81. The summed E-state index contributed by atoms with van der Waals surface area (Å²) in [6.45, 7) is 8.95. The Morgan fingerprint density at radius 1 is 1.16 bits per heavy atom. The van der Waals surface area contributed by atoms with E-state index in [4.69, 9.17) is 14.5 Å².